The first-order valence-electron chi connectivity index (χ1n) is 8.50. The van der Waals surface area contributed by atoms with E-state index in [0.29, 0.717) is 0 Å². The quantitative estimate of drug-likeness (QED) is 0.618. The topological polar surface area (TPSA) is 160 Å². The molecular formula is C17H19FN6O5S. The van der Waals surface area contributed by atoms with Crippen molar-refractivity contribution in [2.24, 2.45) is 10.7 Å². The van der Waals surface area contributed by atoms with Crippen molar-refractivity contribution < 1.29 is 27.4 Å². The molecule has 0 unspecified atom stereocenters. The molecule has 1 aliphatic rings. The predicted molar refractivity (Wildman–Crippen MR) is 105 cm³/mol. The van der Waals surface area contributed by atoms with Crippen LogP contribution < -0.4 is 15.8 Å². The van der Waals surface area contributed by atoms with Crippen molar-refractivity contribution in [3.8, 4) is 11.5 Å². The molecule has 13 heteroatoms. The van der Waals surface area contributed by atoms with Gasteiger partial charge in [0.1, 0.15) is 34.4 Å². The van der Waals surface area contributed by atoms with Gasteiger partial charge in [-0.3, -0.25) is 4.79 Å². The van der Waals surface area contributed by atoms with E-state index < -0.39 is 38.8 Å². The van der Waals surface area contributed by atoms with Crippen molar-refractivity contribution in [3.63, 3.8) is 0 Å². The zero-order valence-electron chi connectivity index (χ0n) is 16.2. The van der Waals surface area contributed by atoms with Gasteiger partial charge in [-0.1, -0.05) is 0 Å². The Hall–Kier alpha value is -3.48. The molecule has 4 N–H and O–H groups in total. The third-order valence-corrected chi connectivity index (χ3v) is 6.40. The van der Waals surface area contributed by atoms with Crippen LogP contribution in [0.15, 0.2) is 29.4 Å². The lowest BCUT2D eigenvalue weighted by molar-refractivity contribution is 0.101. The SMILES string of the molecule is COc1cnc(C(=O)Nc2ccc(F)c([C@]3(C)CS(=O)(=O)N(C)C(N)=N3)n2)c(O)c1. The molecule has 2 aromatic rings. The number of amides is 1. The summed E-state index contributed by atoms with van der Waals surface area (Å²) in [5.74, 6) is -2.80. The molecule has 0 saturated heterocycles. The summed E-state index contributed by atoms with van der Waals surface area (Å²) in [5.41, 5.74) is 3.45. The Labute approximate surface area is 171 Å². The average molecular weight is 438 g/mol. The number of hydrogen-bond acceptors (Lipinski definition) is 9. The molecule has 1 amide bonds. The lowest BCUT2D eigenvalue weighted by atomic mass is 10.00. The number of methoxy groups -OCH3 is 1. The summed E-state index contributed by atoms with van der Waals surface area (Å²) in [4.78, 5) is 24.4. The molecule has 1 atom stereocenters. The van der Waals surface area contributed by atoms with E-state index in [1.807, 2.05) is 0 Å². The van der Waals surface area contributed by atoms with Crippen LogP contribution in [0.2, 0.25) is 0 Å². The van der Waals surface area contributed by atoms with Crippen molar-refractivity contribution >= 4 is 27.7 Å². The second-order valence-electron chi connectivity index (χ2n) is 6.69. The first-order chi connectivity index (χ1) is 14.0. The zero-order valence-corrected chi connectivity index (χ0v) is 17.1. The second kappa shape index (κ2) is 7.40. The van der Waals surface area contributed by atoms with Gasteiger partial charge in [0.15, 0.2) is 11.4 Å². The van der Waals surface area contributed by atoms with Crippen LogP contribution in [0.1, 0.15) is 23.1 Å². The summed E-state index contributed by atoms with van der Waals surface area (Å²) in [6.07, 6.45) is 1.24. The maximum Gasteiger partial charge on any atom is 0.279 e. The van der Waals surface area contributed by atoms with Gasteiger partial charge in [0.05, 0.1) is 13.3 Å². The highest BCUT2D eigenvalue weighted by Gasteiger charge is 2.43. The zero-order chi connectivity index (χ0) is 22.3. The highest BCUT2D eigenvalue weighted by atomic mass is 32.2. The molecule has 0 bridgehead atoms. The molecule has 0 aromatic carbocycles. The normalized spacial score (nSPS) is 20.4. The lowest BCUT2D eigenvalue weighted by Gasteiger charge is -2.33. The van der Waals surface area contributed by atoms with E-state index in [-0.39, 0.29) is 28.9 Å². The van der Waals surface area contributed by atoms with Crippen LogP contribution in [-0.2, 0) is 15.6 Å². The maximum atomic E-state index is 14.5. The van der Waals surface area contributed by atoms with Crippen LogP contribution in [0.3, 0.4) is 0 Å². The summed E-state index contributed by atoms with van der Waals surface area (Å²) in [6, 6.07) is 3.39. The molecule has 30 heavy (non-hydrogen) atoms. The van der Waals surface area contributed by atoms with Gasteiger partial charge in [0.2, 0.25) is 16.0 Å². The van der Waals surface area contributed by atoms with Crippen molar-refractivity contribution in [3.05, 3.63) is 41.6 Å². The lowest BCUT2D eigenvalue weighted by Crippen LogP contribution is -2.50. The number of carbonyl (C=O) groups excluding carboxylic acids is 1. The van der Waals surface area contributed by atoms with E-state index in [0.717, 1.165) is 10.4 Å². The summed E-state index contributed by atoms with van der Waals surface area (Å²) < 4.78 is 44.9. The number of halogens is 1. The number of sulfonamides is 1. The molecule has 3 heterocycles. The minimum absolute atomic E-state index is 0.0975. The first-order valence-corrected chi connectivity index (χ1v) is 10.1. The number of nitrogens with two attached hydrogens (primary N) is 1. The average Bonchev–Trinajstić information content (AvgIpc) is 2.66. The minimum atomic E-state index is -3.85. The standard InChI is InChI=1S/C17H19FN6O5S/c1-17(8-30(27,28)24(2)16(19)23-17)14-10(18)4-5-12(21-14)22-15(26)13-11(25)6-9(29-3)7-20-13/h4-7,25H,8H2,1-3H3,(H2,19,23)(H,21,22,26)/t17-/m0/s1. The van der Waals surface area contributed by atoms with Gasteiger partial charge < -0.3 is 20.9 Å². The Balaban J connectivity index is 1.95. The van der Waals surface area contributed by atoms with Crippen molar-refractivity contribution in [2.75, 3.05) is 25.2 Å². The van der Waals surface area contributed by atoms with Gasteiger partial charge in [-0.05, 0) is 19.1 Å². The molecule has 0 spiro atoms. The van der Waals surface area contributed by atoms with E-state index in [2.05, 4.69) is 20.3 Å². The Kier molecular flexibility index (Phi) is 5.24. The maximum absolute atomic E-state index is 14.5. The largest absolute Gasteiger partial charge is 0.505 e. The third kappa shape index (κ3) is 3.83. The number of rotatable bonds is 4. The molecule has 0 aliphatic carbocycles. The molecule has 0 fully saturated rings. The van der Waals surface area contributed by atoms with Crippen LogP contribution in [0.4, 0.5) is 10.2 Å². The van der Waals surface area contributed by atoms with Crippen LogP contribution in [-0.4, -0.2) is 59.6 Å². The second-order valence-corrected chi connectivity index (χ2v) is 8.69. The summed E-state index contributed by atoms with van der Waals surface area (Å²) >= 11 is 0. The monoisotopic (exact) mass is 438 g/mol. The van der Waals surface area contributed by atoms with E-state index in [1.165, 1.54) is 39.4 Å². The molecule has 0 saturated carbocycles. The summed E-state index contributed by atoms with van der Waals surface area (Å²) in [7, 11) is -1.23. The Bertz CT molecular complexity index is 1160. The molecule has 1 aliphatic heterocycles. The number of pyridine rings is 2. The number of anilines is 1. The number of aliphatic imine (C=N–C) groups is 1. The van der Waals surface area contributed by atoms with Crippen LogP contribution >= 0.6 is 0 Å². The van der Waals surface area contributed by atoms with Crippen molar-refractivity contribution in [1.82, 2.24) is 14.3 Å². The van der Waals surface area contributed by atoms with E-state index in [1.54, 1.807) is 0 Å². The van der Waals surface area contributed by atoms with Crippen molar-refractivity contribution in [1.29, 1.82) is 0 Å². The number of guanidine groups is 1. The summed E-state index contributed by atoms with van der Waals surface area (Å²) in [6.45, 7) is 1.37. The number of nitrogens with one attached hydrogen (secondary N) is 1. The van der Waals surface area contributed by atoms with Gasteiger partial charge in [-0.15, -0.1) is 0 Å². The summed E-state index contributed by atoms with van der Waals surface area (Å²) in [5, 5.41) is 12.3. The third-order valence-electron chi connectivity index (χ3n) is 4.46. The number of hydrogen-bond donors (Lipinski definition) is 3. The van der Waals surface area contributed by atoms with Gasteiger partial charge in [0, 0.05) is 13.1 Å². The van der Waals surface area contributed by atoms with E-state index >= 15 is 0 Å². The molecule has 11 nitrogen and oxygen atoms in total. The fraction of sp³-hybridized carbons (Fsp3) is 0.294. The van der Waals surface area contributed by atoms with Gasteiger partial charge in [-0.2, -0.15) is 0 Å². The molecule has 2 aromatic heterocycles. The number of carbonyl (C=O) groups is 1. The minimum Gasteiger partial charge on any atom is -0.505 e. The fourth-order valence-corrected chi connectivity index (χ4v) is 4.29. The number of aromatic nitrogens is 2. The number of nitrogens with zero attached hydrogens (tertiary/aromatic N) is 4. The molecule has 160 valence electrons. The molecular weight excluding hydrogens is 419 g/mol. The van der Waals surface area contributed by atoms with Crippen LogP contribution in [0.25, 0.3) is 0 Å². The van der Waals surface area contributed by atoms with E-state index in [9.17, 15) is 22.7 Å². The molecule has 0 radical (unpaired) electrons. The van der Waals surface area contributed by atoms with Crippen LogP contribution in [0.5, 0.6) is 11.5 Å². The fourth-order valence-electron chi connectivity index (χ4n) is 2.86. The smallest absolute Gasteiger partial charge is 0.279 e. The number of aromatic hydroxyl groups is 1. The first kappa shape index (κ1) is 21.2. The molecule has 3 rings (SSSR count). The van der Waals surface area contributed by atoms with Crippen molar-refractivity contribution in [2.45, 2.75) is 12.5 Å². The van der Waals surface area contributed by atoms with Crippen LogP contribution in [0, 0.1) is 5.82 Å². The Morgan fingerprint density at radius 3 is 2.73 bits per heavy atom. The Morgan fingerprint density at radius 1 is 1.43 bits per heavy atom. The highest BCUT2D eigenvalue weighted by molar-refractivity contribution is 7.89. The van der Waals surface area contributed by atoms with Gasteiger partial charge >= 0.3 is 0 Å². The highest BCUT2D eigenvalue weighted by Crippen LogP contribution is 2.33. The van der Waals surface area contributed by atoms with Gasteiger partial charge in [-0.25, -0.2) is 32.1 Å². The van der Waals surface area contributed by atoms with Gasteiger partial charge in [0.25, 0.3) is 5.91 Å². The predicted octanol–water partition coefficient (Wildman–Crippen LogP) is 0.387. The van der Waals surface area contributed by atoms with E-state index in [4.69, 9.17) is 10.5 Å². The number of ether oxygens (including phenoxy) is 1. The Morgan fingerprint density at radius 2 is 2.13 bits per heavy atom.